The molecule has 2 nitrogen and oxygen atoms in total. The Hall–Kier alpha value is -0.790. The number of esters is 1. The summed E-state index contributed by atoms with van der Waals surface area (Å²) in [5.41, 5.74) is 0.693. The maximum absolute atomic E-state index is 11.2. The third-order valence-electron chi connectivity index (χ3n) is 2.24. The number of ether oxygens (including phenoxy) is 1. The zero-order valence-electron chi connectivity index (χ0n) is 9.64. The lowest BCUT2D eigenvalue weighted by Crippen LogP contribution is -2.06. The fourth-order valence-corrected chi connectivity index (χ4v) is 1.10. The van der Waals surface area contributed by atoms with Gasteiger partial charge in [0.2, 0.25) is 0 Å². The summed E-state index contributed by atoms with van der Waals surface area (Å²) in [5, 5.41) is 0. The van der Waals surface area contributed by atoms with E-state index in [1.54, 1.807) is 13.0 Å². The van der Waals surface area contributed by atoms with Crippen LogP contribution in [0.2, 0.25) is 0 Å². The van der Waals surface area contributed by atoms with Crippen LogP contribution in [0, 0.1) is 0 Å². The van der Waals surface area contributed by atoms with Gasteiger partial charge in [0.15, 0.2) is 0 Å². The molecule has 0 bridgehead atoms. The molecule has 0 saturated heterocycles. The van der Waals surface area contributed by atoms with Crippen molar-refractivity contribution in [2.75, 3.05) is 6.61 Å². The second-order valence-corrected chi connectivity index (χ2v) is 3.52. The molecule has 0 unspecified atom stereocenters. The van der Waals surface area contributed by atoms with Crippen molar-refractivity contribution < 1.29 is 9.53 Å². The van der Waals surface area contributed by atoms with Gasteiger partial charge in [0.25, 0.3) is 0 Å². The van der Waals surface area contributed by atoms with Gasteiger partial charge in [-0.3, -0.25) is 0 Å². The molecule has 0 aliphatic heterocycles. The average Bonchev–Trinajstić information content (AvgIpc) is 2.21. The maximum Gasteiger partial charge on any atom is 0.333 e. The second kappa shape index (κ2) is 8.79. The summed E-state index contributed by atoms with van der Waals surface area (Å²) in [6, 6.07) is 0. The lowest BCUT2D eigenvalue weighted by Gasteiger charge is -2.04. The third kappa shape index (κ3) is 6.70. The summed E-state index contributed by atoms with van der Waals surface area (Å²) in [4.78, 5) is 11.2. The highest BCUT2D eigenvalue weighted by atomic mass is 16.5. The third-order valence-corrected chi connectivity index (χ3v) is 2.24. The molecule has 0 radical (unpaired) electrons. The summed E-state index contributed by atoms with van der Waals surface area (Å²) >= 11 is 0. The molecule has 0 atom stereocenters. The van der Waals surface area contributed by atoms with Gasteiger partial charge in [-0.05, 0) is 20.3 Å². The van der Waals surface area contributed by atoms with Crippen molar-refractivity contribution >= 4 is 5.97 Å². The number of carbonyl (C=O) groups excluding carboxylic acids is 1. The topological polar surface area (TPSA) is 26.3 Å². The van der Waals surface area contributed by atoms with Crippen LogP contribution in [0.5, 0.6) is 0 Å². The quantitative estimate of drug-likeness (QED) is 0.356. The van der Waals surface area contributed by atoms with E-state index in [4.69, 9.17) is 4.74 Å². The van der Waals surface area contributed by atoms with Crippen LogP contribution in [-0.4, -0.2) is 12.6 Å². The standard InChI is InChI=1S/C12H22O2/c1-4-6-7-8-9-10-14-12(13)11(3)5-2/h5H,4,6-10H2,1-3H3/b11-5+. The Labute approximate surface area is 87.3 Å². The Morgan fingerprint density at radius 3 is 2.43 bits per heavy atom. The van der Waals surface area contributed by atoms with E-state index in [-0.39, 0.29) is 5.97 Å². The Bertz CT molecular complexity index is 183. The van der Waals surface area contributed by atoms with Crippen molar-refractivity contribution in [3.05, 3.63) is 11.6 Å². The number of carbonyl (C=O) groups is 1. The minimum absolute atomic E-state index is 0.178. The number of allylic oxidation sites excluding steroid dienone is 1. The number of hydrogen-bond acceptors (Lipinski definition) is 2. The first-order chi connectivity index (χ1) is 6.72. The maximum atomic E-state index is 11.2. The van der Waals surface area contributed by atoms with E-state index in [1.165, 1.54) is 19.3 Å². The van der Waals surface area contributed by atoms with E-state index in [0.717, 1.165) is 12.8 Å². The minimum Gasteiger partial charge on any atom is -0.462 e. The van der Waals surface area contributed by atoms with E-state index >= 15 is 0 Å². The van der Waals surface area contributed by atoms with Crippen molar-refractivity contribution in [3.63, 3.8) is 0 Å². The summed E-state index contributed by atoms with van der Waals surface area (Å²) in [6.45, 7) is 6.38. The van der Waals surface area contributed by atoms with E-state index in [1.807, 2.05) is 6.92 Å². The monoisotopic (exact) mass is 198 g/mol. The molecule has 0 aromatic heterocycles. The van der Waals surface area contributed by atoms with Crippen LogP contribution in [0.3, 0.4) is 0 Å². The summed E-state index contributed by atoms with van der Waals surface area (Å²) < 4.78 is 5.07. The Kier molecular flexibility index (Phi) is 8.30. The van der Waals surface area contributed by atoms with Crippen LogP contribution in [0.15, 0.2) is 11.6 Å². The van der Waals surface area contributed by atoms with Crippen molar-refractivity contribution in [3.8, 4) is 0 Å². The summed E-state index contributed by atoms with van der Waals surface area (Å²) in [6.07, 6.45) is 7.70. The van der Waals surface area contributed by atoms with Crippen LogP contribution < -0.4 is 0 Å². The van der Waals surface area contributed by atoms with E-state index in [2.05, 4.69) is 6.92 Å². The highest BCUT2D eigenvalue weighted by Crippen LogP contribution is 2.03. The van der Waals surface area contributed by atoms with Crippen molar-refractivity contribution in [1.29, 1.82) is 0 Å². The van der Waals surface area contributed by atoms with Gasteiger partial charge in [-0.25, -0.2) is 4.79 Å². The summed E-state index contributed by atoms with van der Waals surface area (Å²) in [7, 11) is 0. The van der Waals surface area contributed by atoms with Crippen molar-refractivity contribution in [1.82, 2.24) is 0 Å². The first-order valence-electron chi connectivity index (χ1n) is 5.52. The molecule has 0 rings (SSSR count). The molecule has 14 heavy (non-hydrogen) atoms. The highest BCUT2D eigenvalue weighted by Gasteiger charge is 2.02. The lowest BCUT2D eigenvalue weighted by atomic mass is 10.2. The fourth-order valence-electron chi connectivity index (χ4n) is 1.10. The first-order valence-corrected chi connectivity index (χ1v) is 5.52. The smallest absolute Gasteiger partial charge is 0.333 e. The normalized spacial score (nSPS) is 11.5. The number of unbranched alkanes of at least 4 members (excludes halogenated alkanes) is 4. The van der Waals surface area contributed by atoms with Gasteiger partial charge in [0.1, 0.15) is 0 Å². The fraction of sp³-hybridized carbons (Fsp3) is 0.750. The lowest BCUT2D eigenvalue weighted by molar-refractivity contribution is -0.139. The zero-order chi connectivity index (χ0) is 10.8. The molecule has 0 spiro atoms. The van der Waals surface area contributed by atoms with Gasteiger partial charge in [0.05, 0.1) is 6.61 Å². The molecule has 0 aliphatic rings. The second-order valence-electron chi connectivity index (χ2n) is 3.52. The molecule has 0 heterocycles. The Morgan fingerprint density at radius 1 is 1.21 bits per heavy atom. The minimum atomic E-state index is -0.178. The van der Waals surface area contributed by atoms with E-state index in [9.17, 15) is 4.79 Å². The number of rotatable bonds is 7. The van der Waals surface area contributed by atoms with Crippen LogP contribution in [-0.2, 0) is 9.53 Å². The molecule has 0 aliphatic carbocycles. The number of hydrogen-bond donors (Lipinski definition) is 0. The average molecular weight is 198 g/mol. The Balaban J connectivity index is 3.32. The molecule has 0 aromatic rings. The van der Waals surface area contributed by atoms with Gasteiger partial charge in [-0.1, -0.05) is 38.7 Å². The van der Waals surface area contributed by atoms with Gasteiger partial charge in [-0.2, -0.15) is 0 Å². The van der Waals surface area contributed by atoms with Gasteiger partial charge in [-0.15, -0.1) is 0 Å². The first kappa shape index (κ1) is 13.2. The van der Waals surface area contributed by atoms with Crippen LogP contribution in [0.4, 0.5) is 0 Å². The van der Waals surface area contributed by atoms with Crippen LogP contribution in [0.25, 0.3) is 0 Å². The molecule has 0 fully saturated rings. The van der Waals surface area contributed by atoms with Crippen molar-refractivity contribution in [2.45, 2.75) is 52.9 Å². The van der Waals surface area contributed by atoms with E-state index in [0.29, 0.717) is 12.2 Å². The molecule has 0 amide bonds. The molecular formula is C12H22O2. The predicted molar refractivity (Wildman–Crippen MR) is 59.1 cm³/mol. The Morgan fingerprint density at radius 2 is 1.86 bits per heavy atom. The molecule has 82 valence electrons. The molecular weight excluding hydrogens is 176 g/mol. The van der Waals surface area contributed by atoms with E-state index < -0.39 is 0 Å². The largest absolute Gasteiger partial charge is 0.462 e. The molecule has 0 saturated carbocycles. The summed E-state index contributed by atoms with van der Waals surface area (Å²) in [5.74, 6) is -0.178. The molecule has 0 aromatic carbocycles. The zero-order valence-corrected chi connectivity index (χ0v) is 9.64. The predicted octanol–water partition coefficient (Wildman–Crippen LogP) is 3.47. The SMILES string of the molecule is C/C=C(\C)C(=O)OCCCCCCC. The van der Waals surface area contributed by atoms with Gasteiger partial charge >= 0.3 is 5.97 Å². The van der Waals surface area contributed by atoms with Crippen LogP contribution >= 0.6 is 0 Å². The molecule has 2 heteroatoms. The van der Waals surface area contributed by atoms with Crippen LogP contribution in [0.1, 0.15) is 52.9 Å². The van der Waals surface area contributed by atoms with Gasteiger partial charge in [0, 0.05) is 5.57 Å². The van der Waals surface area contributed by atoms with Crippen molar-refractivity contribution in [2.24, 2.45) is 0 Å². The molecule has 0 N–H and O–H groups in total. The van der Waals surface area contributed by atoms with Gasteiger partial charge < -0.3 is 4.74 Å². The highest BCUT2D eigenvalue weighted by molar-refractivity contribution is 5.87.